The highest BCUT2D eigenvalue weighted by Gasteiger charge is 2.19. The molecule has 2 aromatic heterocycles. The molecule has 1 N–H and O–H groups in total. The summed E-state index contributed by atoms with van der Waals surface area (Å²) in [6, 6.07) is 0. The second kappa shape index (κ2) is 7.31. The molecule has 7 heteroatoms. The molecule has 0 unspecified atom stereocenters. The Kier molecular flexibility index (Phi) is 5.67. The summed E-state index contributed by atoms with van der Waals surface area (Å²) in [6.07, 6.45) is 11.8. The largest absolute Gasteiger partial charge is 0.354 e. The van der Waals surface area contributed by atoms with Crippen molar-refractivity contribution in [2.75, 3.05) is 31.1 Å². The fourth-order valence-electron chi connectivity index (χ4n) is 3.15. The fraction of sp³-hybridized carbons (Fsp3) is 0.467. The predicted molar refractivity (Wildman–Crippen MR) is 94.4 cm³/mol. The first-order valence-corrected chi connectivity index (χ1v) is 7.40. The lowest BCUT2D eigenvalue weighted by atomic mass is 10.1. The van der Waals surface area contributed by atoms with Crippen molar-refractivity contribution in [2.45, 2.75) is 19.3 Å². The number of aromatic nitrogens is 3. The van der Waals surface area contributed by atoms with Crippen molar-refractivity contribution in [3.63, 3.8) is 0 Å². The molecule has 0 radical (unpaired) electrons. The molecule has 0 amide bonds. The lowest BCUT2D eigenvalue weighted by molar-refractivity contribution is 0.736. The third-order valence-corrected chi connectivity index (χ3v) is 4.21. The van der Waals surface area contributed by atoms with Crippen LogP contribution in [0.1, 0.15) is 25.0 Å². The van der Waals surface area contributed by atoms with Crippen molar-refractivity contribution >= 4 is 41.9 Å². The number of rotatable bonds is 2. The lowest BCUT2D eigenvalue weighted by Crippen LogP contribution is -2.21. The summed E-state index contributed by atoms with van der Waals surface area (Å²) < 4.78 is 2.19. The summed E-state index contributed by atoms with van der Waals surface area (Å²) >= 11 is 0. The van der Waals surface area contributed by atoms with E-state index < -0.39 is 0 Å². The van der Waals surface area contributed by atoms with Crippen molar-refractivity contribution in [3.05, 3.63) is 30.4 Å². The first kappa shape index (κ1) is 17.1. The van der Waals surface area contributed by atoms with Crippen LogP contribution in [0.5, 0.6) is 0 Å². The van der Waals surface area contributed by atoms with Gasteiger partial charge < -0.3 is 10.2 Å². The zero-order valence-electron chi connectivity index (χ0n) is 12.4. The van der Waals surface area contributed by atoms with E-state index in [1.54, 1.807) is 0 Å². The maximum atomic E-state index is 4.64. The molecule has 0 spiro atoms. The molecular weight excluding hydrogens is 321 g/mol. The Morgan fingerprint density at radius 3 is 2.64 bits per heavy atom. The van der Waals surface area contributed by atoms with E-state index in [2.05, 4.69) is 30.7 Å². The Morgan fingerprint density at radius 1 is 1.09 bits per heavy atom. The van der Waals surface area contributed by atoms with E-state index in [1.807, 2.05) is 18.6 Å². The minimum absolute atomic E-state index is 0. The molecule has 2 aliphatic rings. The van der Waals surface area contributed by atoms with Crippen LogP contribution in [0.25, 0.3) is 11.2 Å². The van der Waals surface area contributed by atoms with Gasteiger partial charge in [0.1, 0.15) is 0 Å². The third-order valence-electron chi connectivity index (χ3n) is 4.21. The summed E-state index contributed by atoms with van der Waals surface area (Å²) in [4.78, 5) is 11.5. The molecule has 0 atom stereocenters. The van der Waals surface area contributed by atoms with Crippen molar-refractivity contribution in [1.29, 1.82) is 0 Å². The van der Waals surface area contributed by atoms with E-state index in [9.17, 15) is 0 Å². The average molecular weight is 342 g/mol. The molecule has 2 aliphatic heterocycles. The Hall–Kier alpha value is -1.30. The number of nitrogens with one attached hydrogen (secondary N) is 1. The van der Waals surface area contributed by atoms with Gasteiger partial charge in [-0.15, -0.1) is 24.8 Å². The maximum Gasteiger partial charge on any atom is 0.180 e. The summed E-state index contributed by atoms with van der Waals surface area (Å²) in [5, 5.41) is 3.35. The topological polar surface area (TPSA) is 45.5 Å². The number of hydrogen-bond acceptors (Lipinski definition) is 4. The average Bonchev–Trinajstić information content (AvgIpc) is 3.17. The van der Waals surface area contributed by atoms with Gasteiger partial charge in [-0.05, 0) is 31.4 Å². The second-order valence-corrected chi connectivity index (χ2v) is 5.47. The molecule has 1 fully saturated rings. The molecule has 0 bridgehead atoms. The van der Waals surface area contributed by atoms with Gasteiger partial charge in [0.25, 0.3) is 0 Å². The first-order chi connectivity index (χ1) is 9.93. The van der Waals surface area contributed by atoms with Crippen molar-refractivity contribution in [1.82, 2.24) is 19.7 Å². The monoisotopic (exact) mass is 341 g/mol. The van der Waals surface area contributed by atoms with Gasteiger partial charge in [0.2, 0.25) is 0 Å². The molecule has 0 aliphatic carbocycles. The van der Waals surface area contributed by atoms with Gasteiger partial charge in [-0.1, -0.05) is 6.08 Å². The summed E-state index contributed by atoms with van der Waals surface area (Å²) in [5.41, 5.74) is 3.59. The Bertz CT molecular complexity index is 661. The molecule has 0 aromatic carbocycles. The number of hydrogen-bond donors (Lipinski definition) is 1. The van der Waals surface area contributed by atoms with E-state index in [-0.39, 0.29) is 24.8 Å². The fourth-order valence-corrected chi connectivity index (χ4v) is 3.15. The zero-order valence-corrected chi connectivity index (χ0v) is 14.0. The predicted octanol–water partition coefficient (Wildman–Crippen LogP) is 2.55. The quantitative estimate of drug-likeness (QED) is 0.911. The van der Waals surface area contributed by atoms with Crippen LogP contribution in [0.2, 0.25) is 0 Å². The highest BCUT2D eigenvalue weighted by molar-refractivity contribution is 5.85. The van der Waals surface area contributed by atoms with Crippen LogP contribution in [-0.4, -0.2) is 40.5 Å². The van der Waals surface area contributed by atoms with Crippen LogP contribution in [-0.2, 0) is 0 Å². The van der Waals surface area contributed by atoms with Gasteiger partial charge >= 0.3 is 0 Å². The molecule has 120 valence electrons. The van der Waals surface area contributed by atoms with Crippen LogP contribution < -0.4 is 10.2 Å². The Labute approximate surface area is 142 Å². The van der Waals surface area contributed by atoms with Crippen molar-refractivity contribution < 1.29 is 0 Å². The minimum Gasteiger partial charge on any atom is -0.354 e. The molecule has 22 heavy (non-hydrogen) atoms. The summed E-state index contributed by atoms with van der Waals surface area (Å²) in [5.74, 6) is 1.03. The van der Waals surface area contributed by atoms with Gasteiger partial charge in [0.05, 0.1) is 11.9 Å². The number of nitrogens with zero attached hydrogens (tertiary/aromatic N) is 4. The normalized spacial score (nSPS) is 17.8. The van der Waals surface area contributed by atoms with E-state index >= 15 is 0 Å². The number of halogens is 2. The van der Waals surface area contributed by atoms with Crippen molar-refractivity contribution in [2.24, 2.45) is 0 Å². The zero-order chi connectivity index (χ0) is 13.4. The molecule has 1 saturated heterocycles. The van der Waals surface area contributed by atoms with Gasteiger partial charge in [-0.3, -0.25) is 4.40 Å². The number of anilines is 1. The lowest BCUT2D eigenvalue weighted by Gasteiger charge is -2.17. The molecular formula is C15H21Cl2N5. The van der Waals surface area contributed by atoms with E-state index in [1.165, 1.54) is 24.1 Å². The molecule has 5 nitrogen and oxygen atoms in total. The standard InChI is InChI=1S/C15H19N5.2ClH/c1-2-9-19(8-1)14-15-18-11-13(20(15)10-7-17-14)12-3-5-16-6-4-12;;/h3,7,10-11,16H,1-2,4-6,8-9H2;2*1H. The third kappa shape index (κ3) is 2.93. The molecule has 4 heterocycles. The Morgan fingerprint density at radius 2 is 1.91 bits per heavy atom. The van der Waals surface area contributed by atoms with Crippen LogP contribution in [0.15, 0.2) is 24.7 Å². The van der Waals surface area contributed by atoms with E-state index in [4.69, 9.17) is 0 Å². The molecule has 2 aromatic rings. The maximum absolute atomic E-state index is 4.64. The Balaban J connectivity index is 0.000000882. The smallest absolute Gasteiger partial charge is 0.180 e. The highest BCUT2D eigenvalue weighted by Crippen LogP contribution is 2.26. The summed E-state index contributed by atoms with van der Waals surface area (Å²) in [6.45, 7) is 4.19. The second-order valence-electron chi connectivity index (χ2n) is 5.47. The summed E-state index contributed by atoms with van der Waals surface area (Å²) in [7, 11) is 0. The molecule has 4 rings (SSSR count). The SMILES string of the molecule is C1=C(c2cnc3c(N4CCCC4)nccn23)CCNC1.Cl.Cl. The van der Waals surface area contributed by atoms with Gasteiger partial charge in [-0.25, -0.2) is 9.97 Å². The van der Waals surface area contributed by atoms with Gasteiger partial charge in [0.15, 0.2) is 11.5 Å². The van der Waals surface area contributed by atoms with Crippen molar-refractivity contribution in [3.8, 4) is 0 Å². The van der Waals surface area contributed by atoms with E-state index in [0.717, 1.165) is 44.1 Å². The van der Waals surface area contributed by atoms with Gasteiger partial charge in [0, 0.05) is 32.0 Å². The van der Waals surface area contributed by atoms with Crippen LogP contribution in [0.3, 0.4) is 0 Å². The highest BCUT2D eigenvalue weighted by atomic mass is 35.5. The van der Waals surface area contributed by atoms with E-state index in [0.29, 0.717) is 0 Å². The molecule has 0 saturated carbocycles. The van der Waals surface area contributed by atoms with Gasteiger partial charge in [-0.2, -0.15) is 0 Å². The van der Waals surface area contributed by atoms with Crippen LogP contribution >= 0.6 is 24.8 Å². The van der Waals surface area contributed by atoms with Crippen LogP contribution in [0.4, 0.5) is 5.82 Å². The first-order valence-electron chi connectivity index (χ1n) is 7.40. The number of imidazole rings is 1. The minimum atomic E-state index is 0. The van der Waals surface area contributed by atoms with Crippen LogP contribution in [0, 0.1) is 0 Å². The number of fused-ring (bicyclic) bond motifs is 1.